The van der Waals surface area contributed by atoms with E-state index in [1.807, 2.05) is 24.3 Å². The molecule has 0 spiro atoms. The fourth-order valence-electron chi connectivity index (χ4n) is 1.59. The van der Waals surface area contributed by atoms with Gasteiger partial charge in [-0.05, 0) is 24.1 Å². The largest absolute Gasteiger partial charge is 0.347 e. The summed E-state index contributed by atoms with van der Waals surface area (Å²) in [6, 6.07) is 8.09. The van der Waals surface area contributed by atoms with Crippen molar-refractivity contribution in [1.82, 2.24) is 10.3 Å². The molecular formula is C13H15N3OS. The predicted molar refractivity (Wildman–Crippen MR) is 72.5 cm³/mol. The molecule has 4 nitrogen and oxygen atoms in total. The molecule has 1 heterocycles. The highest BCUT2D eigenvalue weighted by Gasteiger charge is 2.06. The minimum atomic E-state index is -0.137. The first-order valence-corrected chi connectivity index (χ1v) is 6.68. The van der Waals surface area contributed by atoms with E-state index >= 15 is 0 Å². The molecule has 0 saturated heterocycles. The number of aromatic nitrogens is 1. The van der Waals surface area contributed by atoms with Crippen molar-refractivity contribution < 1.29 is 4.79 Å². The van der Waals surface area contributed by atoms with Crippen molar-refractivity contribution >= 4 is 17.2 Å². The van der Waals surface area contributed by atoms with Crippen LogP contribution in [0.1, 0.15) is 21.6 Å². The van der Waals surface area contributed by atoms with Gasteiger partial charge in [0.05, 0.1) is 5.51 Å². The maximum Gasteiger partial charge on any atom is 0.271 e. The lowest BCUT2D eigenvalue weighted by atomic mass is 10.1. The number of carbonyl (C=O) groups excluding carboxylic acids is 1. The number of benzene rings is 1. The second kappa shape index (κ2) is 6.28. The average Bonchev–Trinajstić information content (AvgIpc) is 2.92. The van der Waals surface area contributed by atoms with E-state index in [0.717, 1.165) is 12.0 Å². The summed E-state index contributed by atoms with van der Waals surface area (Å²) in [5.41, 5.74) is 9.89. The molecule has 0 aliphatic rings. The Morgan fingerprint density at radius 2 is 2.00 bits per heavy atom. The van der Waals surface area contributed by atoms with Crippen LogP contribution >= 0.6 is 11.3 Å². The Morgan fingerprint density at radius 1 is 1.28 bits per heavy atom. The monoisotopic (exact) mass is 261 g/mol. The molecule has 1 aromatic carbocycles. The summed E-state index contributed by atoms with van der Waals surface area (Å²) < 4.78 is 0. The molecule has 0 radical (unpaired) electrons. The van der Waals surface area contributed by atoms with Crippen molar-refractivity contribution in [3.8, 4) is 0 Å². The molecule has 1 amide bonds. The lowest BCUT2D eigenvalue weighted by Gasteiger charge is -2.05. The van der Waals surface area contributed by atoms with Crippen LogP contribution in [0.25, 0.3) is 0 Å². The summed E-state index contributed by atoms with van der Waals surface area (Å²) >= 11 is 1.41. The number of nitrogens with one attached hydrogen (secondary N) is 1. The van der Waals surface area contributed by atoms with Crippen molar-refractivity contribution in [3.05, 3.63) is 52.0 Å². The summed E-state index contributed by atoms with van der Waals surface area (Å²) in [7, 11) is 0. The molecule has 18 heavy (non-hydrogen) atoms. The van der Waals surface area contributed by atoms with Gasteiger partial charge in [0.25, 0.3) is 5.91 Å². The van der Waals surface area contributed by atoms with Crippen molar-refractivity contribution in [2.45, 2.75) is 13.0 Å². The highest BCUT2D eigenvalue weighted by Crippen LogP contribution is 2.05. The van der Waals surface area contributed by atoms with Crippen molar-refractivity contribution in [3.63, 3.8) is 0 Å². The van der Waals surface area contributed by atoms with Crippen LogP contribution in [0.4, 0.5) is 0 Å². The second-order valence-electron chi connectivity index (χ2n) is 3.91. The number of nitrogens with zero attached hydrogens (tertiary/aromatic N) is 1. The Labute approximate surface area is 110 Å². The highest BCUT2D eigenvalue weighted by atomic mass is 32.1. The second-order valence-corrected chi connectivity index (χ2v) is 4.63. The van der Waals surface area contributed by atoms with Gasteiger partial charge in [0, 0.05) is 11.9 Å². The van der Waals surface area contributed by atoms with Crippen molar-refractivity contribution in [1.29, 1.82) is 0 Å². The zero-order chi connectivity index (χ0) is 12.8. The molecule has 94 valence electrons. The molecular weight excluding hydrogens is 246 g/mol. The summed E-state index contributed by atoms with van der Waals surface area (Å²) in [6.07, 6.45) is 0.880. The number of nitrogens with two attached hydrogens (primary N) is 1. The molecule has 2 aromatic rings. The van der Waals surface area contributed by atoms with Crippen LogP contribution in [0.15, 0.2) is 35.2 Å². The van der Waals surface area contributed by atoms with Gasteiger partial charge in [-0.3, -0.25) is 4.79 Å². The van der Waals surface area contributed by atoms with E-state index in [0.29, 0.717) is 18.8 Å². The molecule has 3 N–H and O–H groups in total. The van der Waals surface area contributed by atoms with E-state index in [-0.39, 0.29) is 5.91 Å². The van der Waals surface area contributed by atoms with Crippen molar-refractivity contribution in [2.24, 2.45) is 5.73 Å². The highest BCUT2D eigenvalue weighted by molar-refractivity contribution is 7.07. The molecule has 0 unspecified atom stereocenters. The Hall–Kier alpha value is -1.72. The minimum Gasteiger partial charge on any atom is -0.347 e. The summed E-state index contributed by atoms with van der Waals surface area (Å²) in [6.45, 7) is 1.17. The van der Waals surface area contributed by atoms with Gasteiger partial charge in [-0.2, -0.15) is 0 Å². The molecule has 0 aliphatic heterocycles. The van der Waals surface area contributed by atoms with Crippen LogP contribution in [-0.4, -0.2) is 17.4 Å². The number of rotatable bonds is 5. The zero-order valence-corrected chi connectivity index (χ0v) is 10.7. The van der Waals surface area contributed by atoms with Crippen LogP contribution in [-0.2, 0) is 13.0 Å². The molecule has 0 bridgehead atoms. The lowest BCUT2D eigenvalue weighted by molar-refractivity contribution is 0.0946. The quantitative estimate of drug-likeness (QED) is 0.858. The van der Waals surface area contributed by atoms with Gasteiger partial charge in [-0.25, -0.2) is 4.98 Å². The standard InChI is InChI=1S/C13H15N3OS/c14-6-5-10-1-3-11(4-2-10)7-15-13(17)12-8-18-9-16-12/h1-4,8-9H,5-7,14H2,(H,15,17). The van der Waals surface area contributed by atoms with Crippen LogP contribution in [0.5, 0.6) is 0 Å². The van der Waals surface area contributed by atoms with E-state index in [1.165, 1.54) is 16.9 Å². The third-order valence-corrected chi connectivity index (χ3v) is 3.16. The number of carbonyl (C=O) groups is 1. The Morgan fingerprint density at radius 3 is 2.61 bits per heavy atom. The number of hydrogen-bond acceptors (Lipinski definition) is 4. The van der Waals surface area contributed by atoms with Gasteiger partial charge in [-0.15, -0.1) is 11.3 Å². The molecule has 2 rings (SSSR count). The molecule has 0 fully saturated rings. The summed E-state index contributed by atoms with van der Waals surface area (Å²) in [4.78, 5) is 15.6. The first kappa shape index (κ1) is 12.7. The fraction of sp³-hybridized carbons (Fsp3) is 0.231. The topological polar surface area (TPSA) is 68.0 Å². The van der Waals surface area contributed by atoms with Gasteiger partial charge in [0.15, 0.2) is 0 Å². The minimum absolute atomic E-state index is 0.137. The summed E-state index contributed by atoms with van der Waals surface area (Å²) in [5.74, 6) is -0.137. The smallest absolute Gasteiger partial charge is 0.271 e. The van der Waals surface area contributed by atoms with E-state index < -0.39 is 0 Å². The van der Waals surface area contributed by atoms with Crippen LogP contribution in [0.3, 0.4) is 0 Å². The van der Waals surface area contributed by atoms with Gasteiger partial charge in [0.2, 0.25) is 0 Å². The molecule has 0 atom stereocenters. The summed E-state index contributed by atoms with van der Waals surface area (Å²) in [5, 5.41) is 4.57. The third-order valence-electron chi connectivity index (χ3n) is 2.57. The van der Waals surface area contributed by atoms with Gasteiger partial charge in [-0.1, -0.05) is 24.3 Å². The number of thiazole rings is 1. The lowest BCUT2D eigenvalue weighted by Crippen LogP contribution is -2.22. The maximum atomic E-state index is 11.7. The first-order chi connectivity index (χ1) is 8.79. The van der Waals surface area contributed by atoms with Gasteiger partial charge < -0.3 is 11.1 Å². The molecule has 0 aliphatic carbocycles. The van der Waals surface area contributed by atoms with Crippen LogP contribution in [0.2, 0.25) is 0 Å². The fourth-order valence-corrected chi connectivity index (χ4v) is 2.12. The maximum absolute atomic E-state index is 11.7. The SMILES string of the molecule is NCCc1ccc(CNC(=O)c2cscn2)cc1. The molecule has 0 saturated carbocycles. The Balaban J connectivity index is 1.88. The van der Waals surface area contributed by atoms with Crippen LogP contribution in [0, 0.1) is 0 Å². The number of amides is 1. The normalized spacial score (nSPS) is 10.3. The predicted octanol–water partition coefficient (Wildman–Crippen LogP) is 1.57. The zero-order valence-electron chi connectivity index (χ0n) is 9.93. The Bertz CT molecular complexity index is 493. The molecule has 5 heteroatoms. The Kier molecular flexibility index (Phi) is 4.44. The molecule has 1 aromatic heterocycles. The number of hydrogen-bond donors (Lipinski definition) is 2. The first-order valence-electron chi connectivity index (χ1n) is 5.74. The van der Waals surface area contributed by atoms with E-state index in [2.05, 4.69) is 10.3 Å². The van der Waals surface area contributed by atoms with Gasteiger partial charge >= 0.3 is 0 Å². The van der Waals surface area contributed by atoms with Crippen molar-refractivity contribution in [2.75, 3.05) is 6.54 Å². The average molecular weight is 261 g/mol. The van der Waals surface area contributed by atoms with E-state index in [9.17, 15) is 4.79 Å². The van der Waals surface area contributed by atoms with Gasteiger partial charge in [0.1, 0.15) is 5.69 Å². The van der Waals surface area contributed by atoms with E-state index in [4.69, 9.17) is 5.73 Å². The van der Waals surface area contributed by atoms with Crippen LogP contribution < -0.4 is 11.1 Å². The van der Waals surface area contributed by atoms with E-state index in [1.54, 1.807) is 10.9 Å². The third kappa shape index (κ3) is 3.38.